The Labute approximate surface area is 92.8 Å². The van der Waals surface area contributed by atoms with E-state index in [-0.39, 0.29) is 11.9 Å². The zero-order chi connectivity index (χ0) is 11.5. The van der Waals surface area contributed by atoms with Gasteiger partial charge in [-0.2, -0.15) is 0 Å². The molecule has 2 rings (SSSR count). The summed E-state index contributed by atoms with van der Waals surface area (Å²) >= 11 is 0. The van der Waals surface area contributed by atoms with E-state index in [1.165, 1.54) is 0 Å². The first-order valence-corrected chi connectivity index (χ1v) is 5.02. The lowest BCUT2D eigenvalue weighted by Gasteiger charge is -2.12. The molecule has 1 amide bonds. The first kappa shape index (κ1) is 10.5. The molecule has 2 aromatic heterocycles. The van der Waals surface area contributed by atoms with E-state index in [1.54, 1.807) is 32.5 Å². The first-order valence-electron chi connectivity index (χ1n) is 5.02. The summed E-state index contributed by atoms with van der Waals surface area (Å²) in [5.74, 6) is 0.574. The van der Waals surface area contributed by atoms with E-state index in [2.05, 4.69) is 15.6 Å². The number of carbonyl (C=O) groups excluding carboxylic acids is 1. The van der Waals surface area contributed by atoms with Crippen molar-refractivity contribution in [3.05, 3.63) is 24.6 Å². The minimum atomic E-state index is -0.335. The molecule has 1 atom stereocenters. The molecule has 16 heavy (non-hydrogen) atoms. The van der Waals surface area contributed by atoms with E-state index in [9.17, 15) is 4.79 Å². The van der Waals surface area contributed by atoms with Gasteiger partial charge in [-0.3, -0.25) is 4.79 Å². The van der Waals surface area contributed by atoms with Crippen molar-refractivity contribution >= 4 is 22.7 Å². The van der Waals surface area contributed by atoms with Gasteiger partial charge in [0.2, 0.25) is 5.91 Å². The van der Waals surface area contributed by atoms with E-state index in [4.69, 9.17) is 4.42 Å². The normalized spacial score (nSPS) is 12.4. The lowest BCUT2D eigenvalue weighted by Crippen LogP contribution is -2.35. The van der Waals surface area contributed by atoms with Crippen LogP contribution < -0.4 is 10.6 Å². The van der Waals surface area contributed by atoms with Gasteiger partial charge in [0.05, 0.1) is 11.6 Å². The zero-order valence-corrected chi connectivity index (χ0v) is 9.15. The fourth-order valence-electron chi connectivity index (χ4n) is 1.50. The number of anilines is 1. The van der Waals surface area contributed by atoms with E-state index in [1.807, 2.05) is 6.07 Å². The van der Waals surface area contributed by atoms with Crippen LogP contribution in [-0.4, -0.2) is 24.0 Å². The van der Waals surface area contributed by atoms with Gasteiger partial charge in [0, 0.05) is 13.2 Å². The van der Waals surface area contributed by atoms with E-state index in [0.29, 0.717) is 5.82 Å². The molecule has 0 saturated carbocycles. The van der Waals surface area contributed by atoms with E-state index >= 15 is 0 Å². The van der Waals surface area contributed by atoms with Crippen molar-refractivity contribution in [1.82, 2.24) is 10.3 Å². The maximum Gasteiger partial charge on any atom is 0.241 e. The van der Waals surface area contributed by atoms with Gasteiger partial charge in [0.15, 0.2) is 0 Å². The lowest BCUT2D eigenvalue weighted by molar-refractivity contribution is -0.121. The maximum absolute atomic E-state index is 11.4. The second kappa shape index (κ2) is 4.22. The van der Waals surface area contributed by atoms with Crippen LogP contribution in [0.1, 0.15) is 6.92 Å². The van der Waals surface area contributed by atoms with Gasteiger partial charge in [-0.05, 0) is 19.1 Å². The highest BCUT2D eigenvalue weighted by Crippen LogP contribution is 2.22. The van der Waals surface area contributed by atoms with Crippen LogP contribution in [0.25, 0.3) is 11.0 Å². The Bertz CT molecular complexity index is 507. The standard InChI is InChI=1S/C11H13N3O2/c1-7(11(15)12-2)14-10-8-4-6-16-9(8)3-5-13-10/h3-7H,1-2H3,(H,12,15)(H,13,14). The molecular weight excluding hydrogens is 206 g/mol. The number of pyridine rings is 1. The van der Waals surface area contributed by atoms with Crippen molar-refractivity contribution in [2.45, 2.75) is 13.0 Å². The summed E-state index contributed by atoms with van der Waals surface area (Å²) in [4.78, 5) is 15.6. The third-order valence-corrected chi connectivity index (χ3v) is 2.37. The second-order valence-corrected chi connectivity index (χ2v) is 3.47. The fourth-order valence-corrected chi connectivity index (χ4v) is 1.50. The fraction of sp³-hybridized carbons (Fsp3) is 0.273. The molecule has 2 aromatic rings. The Morgan fingerprint density at radius 1 is 1.50 bits per heavy atom. The SMILES string of the molecule is CNC(=O)C(C)Nc1nccc2occc12. The predicted octanol–water partition coefficient (Wildman–Crippen LogP) is 1.37. The van der Waals surface area contributed by atoms with Crippen molar-refractivity contribution in [3.63, 3.8) is 0 Å². The highest BCUT2D eigenvalue weighted by atomic mass is 16.3. The van der Waals surface area contributed by atoms with Gasteiger partial charge in [-0.1, -0.05) is 0 Å². The first-order chi connectivity index (χ1) is 7.72. The highest BCUT2D eigenvalue weighted by molar-refractivity contribution is 5.91. The largest absolute Gasteiger partial charge is 0.464 e. The van der Waals surface area contributed by atoms with Gasteiger partial charge in [0.25, 0.3) is 0 Å². The molecule has 84 valence electrons. The Hall–Kier alpha value is -2.04. The number of fused-ring (bicyclic) bond motifs is 1. The van der Waals surface area contributed by atoms with Crippen LogP contribution in [0.2, 0.25) is 0 Å². The second-order valence-electron chi connectivity index (χ2n) is 3.47. The molecule has 5 heteroatoms. The number of hydrogen-bond donors (Lipinski definition) is 2. The van der Waals surface area contributed by atoms with Gasteiger partial charge >= 0.3 is 0 Å². The molecule has 0 aliphatic heterocycles. The number of rotatable bonds is 3. The predicted molar refractivity (Wildman–Crippen MR) is 61.2 cm³/mol. The smallest absolute Gasteiger partial charge is 0.241 e. The Morgan fingerprint density at radius 2 is 2.31 bits per heavy atom. The van der Waals surface area contributed by atoms with E-state index in [0.717, 1.165) is 11.0 Å². The number of hydrogen-bond acceptors (Lipinski definition) is 4. The average molecular weight is 219 g/mol. The van der Waals surface area contributed by atoms with Crippen LogP contribution >= 0.6 is 0 Å². The van der Waals surface area contributed by atoms with Gasteiger partial charge in [-0.15, -0.1) is 0 Å². The van der Waals surface area contributed by atoms with Crippen LogP contribution in [0.3, 0.4) is 0 Å². The van der Waals surface area contributed by atoms with Crippen LogP contribution in [0.15, 0.2) is 29.0 Å². The van der Waals surface area contributed by atoms with Gasteiger partial charge < -0.3 is 15.1 Å². The number of nitrogens with one attached hydrogen (secondary N) is 2. The molecule has 0 fully saturated rings. The third-order valence-electron chi connectivity index (χ3n) is 2.37. The van der Waals surface area contributed by atoms with Crippen molar-refractivity contribution in [1.29, 1.82) is 0 Å². The van der Waals surface area contributed by atoms with Crippen molar-refractivity contribution < 1.29 is 9.21 Å². The van der Waals surface area contributed by atoms with Crippen LogP contribution in [0.4, 0.5) is 5.82 Å². The summed E-state index contributed by atoms with van der Waals surface area (Å²) in [6, 6.07) is 3.27. The molecule has 0 bridgehead atoms. The quantitative estimate of drug-likeness (QED) is 0.818. The minimum Gasteiger partial charge on any atom is -0.464 e. The van der Waals surface area contributed by atoms with Crippen molar-refractivity contribution in [2.24, 2.45) is 0 Å². The van der Waals surface area contributed by atoms with E-state index < -0.39 is 0 Å². The molecule has 0 aliphatic carbocycles. The average Bonchev–Trinajstić information content (AvgIpc) is 2.77. The molecular formula is C11H13N3O2. The Balaban J connectivity index is 2.27. The summed E-state index contributed by atoms with van der Waals surface area (Å²) in [5.41, 5.74) is 0.751. The molecule has 2 heterocycles. The summed E-state index contributed by atoms with van der Waals surface area (Å²) < 4.78 is 5.25. The molecule has 0 spiro atoms. The number of likely N-dealkylation sites (N-methyl/N-ethyl adjacent to an activating group) is 1. The van der Waals surface area contributed by atoms with Crippen molar-refractivity contribution in [3.8, 4) is 0 Å². The third kappa shape index (κ3) is 1.84. The molecule has 1 unspecified atom stereocenters. The number of carbonyl (C=O) groups is 1. The number of aromatic nitrogens is 1. The Morgan fingerprint density at radius 3 is 3.06 bits per heavy atom. The number of nitrogens with zero attached hydrogens (tertiary/aromatic N) is 1. The molecule has 0 radical (unpaired) electrons. The summed E-state index contributed by atoms with van der Waals surface area (Å²) in [7, 11) is 1.60. The van der Waals surface area contributed by atoms with Crippen LogP contribution in [0.5, 0.6) is 0 Å². The minimum absolute atomic E-state index is 0.0812. The highest BCUT2D eigenvalue weighted by Gasteiger charge is 2.13. The lowest BCUT2D eigenvalue weighted by atomic mass is 10.2. The summed E-state index contributed by atoms with van der Waals surface area (Å²) in [5, 5.41) is 6.49. The van der Waals surface area contributed by atoms with Gasteiger partial charge in [0.1, 0.15) is 17.4 Å². The molecule has 2 N–H and O–H groups in total. The van der Waals surface area contributed by atoms with Crippen LogP contribution in [0, 0.1) is 0 Å². The summed E-state index contributed by atoms with van der Waals surface area (Å²) in [6.45, 7) is 1.78. The molecule has 0 aromatic carbocycles. The summed E-state index contributed by atoms with van der Waals surface area (Å²) in [6.07, 6.45) is 3.24. The van der Waals surface area contributed by atoms with Crippen LogP contribution in [-0.2, 0) is 4.79 Å². The number of amides is 1. The Kier molecular flexibility index (Phi) is 2.76. The maximum atomic E-state index is 11.4. The monoisotopic (exact) mass is 219 g/mol. The van der Waals surface area contributed by atoms with Gasteiger partial charge in [-0.25, -0.2) is 4.98 Å². The van der Waals surface area contributed by atoms with Crippen molar-refractivity contribution in [2.75, 3.05) is 12.4 Å². The topological polar surface area (TPSA) is 67.2 Å². The number of furan rings is 1. The molecule has 5 nitrogen and oxygen atoms in total. The molecule has 0 saturated heterocycles. The molecule has 0 aliphatic rings. The zero-order valence-electron chi connectivity index (χ0n) is 9.15.